The molecule has 0 atom stereocenters. The van der Waals surface area contributed by atoms with Crippen LogP contribution in [0.1, 0.15) is 50.2 Å². The van der Waals surface area contributed by atoms with E-state index in [0.29, 0.717) is 24.8 Å². The molecule has 5 heteroatoms. The van der Waals surface area contributed by atoms with E-state index in [4.69, 9.17) is 0 Å². The Morgan fingerprint density at radius 1 is 0.812 bits per heavy atom. The minimum Gasteiger partial charge on any atom is -0.480 e. The summed E-state index contributed by atoms with van der Waals surface area (Å²) in [6.07, 6.45) is 1.27. The third-order valence-electron chi connectivity index (χ3n) is 6.14. The van der Waals surface area contributed by atoms with Gasteiger partial charge in [0.2, 0.25) is 0 Å². The molecule has 162 valence electrons. The maximum Gasteiger partial charge on any atom is 0.329 e. The number of carbonyl (C=O) groups excluding carboxylic acids is 2. The van der Waals surface area contributed by atoms with Gasteiger partial charge in [-0.05, 0) is 72.7 Å². The van der Waals surface area contributed by atoms with E-state index >= 15 is 0 Å². The first-order valence-electron chi connectivity index (χ1n) is 10.6. The number of carboxylic acid groups (broad SMARTS) is 1. The van der Waals surface area contributed by atoms with E-state index in [0.717, 1.165) is 27.8 Å². The quantitative estimate of drug-likeness (QED) is 0.534. The molecule has 0 heterocycles. The van der Waals surface area contributed by atoms with Gasteiger partial charge in [-0.2, -0.15) is 0 Å². The van der Waals surface area contributed by atoms with Crippen molar-refractivity contribution in [3.8, 4) is 11.1 Å². The summed E-state index contributed by atoms with van der Waals surface area (Å²) < 4.78 is 0. The topological polar surface area (TPSA) is 83.5 Å². The molecular weight excluding hydrogens is 402 g/mol. The molecule has 5 nitrogen and oxygen atoms in total. The lowest BCUT2D eigenvalue weighted by atomic mass is 9.97. The van der Waals surface area contributed by atoms with E-state index in [9.17, 15) is 19.5 Å². The zero-order chi connectivity index (χ0) is 22.9. The number of amides is 1. The third kappa shape index (κ3) is 4.47. The van der Waals surface area contributed by atoms with Crippen LogP contribution in [0.3, 0.4) is 0 Å². The Kier molecular flexibility index (Phi) is 5.66. The molecule has 32 heavy (non-hydrogen) atoms. The van der Waals surface area contributed by atoms with Crippen molar-refractivity contribution < 1.29 is 19.5 Å². The van der Waals surface area contributed by atoms with Crippen LogP contribution in [0.15, 0.2) is 66.7 Å². The van der Waals surface area contributed by atoms with Crippen molar-refractivity contribution in [2.24, 2.45) is 0 Å². The first-order chi connectivity index (χ1) is 15.3. The number of rotatable bonds is 7. The Hall–Kier alpha value is -3.73. The summed E-state index contributed by atoms with van der Waals surface area (Å²) in [6, 6.07) is 20.7. The van der Waals surface area contributed by atoms with Crippen LogP contribution in [0.5, 0.6) is 0 Å². The maximum atomic E-state index is 12.6. The van der Waals surface area contributed by atoms with Gasteiger partial charge < -0.3 is 10.4 Å². The van der Waals surface area contributed by atoms with Gasteiger partial charge in [0.25, 0.3) is 5.91 Å². The molecule has 1 amide bonds. The predicted molar refractivity (Wildman–Crippen MR) is 123 cm³/mol. The van der Waals surface area contributed by atoms with Gasteiger partial charge in [-0.1, -0.05) is 48.5 Å². The smallest absolute Gasteiger partial charge is 0.329 e. The highest BCUT2D eigenvalue weighted by Gasteiger charge is 2.51. The fraction of sp³-hybridized carbons (Fsp3) is 0.222. The zero-order valence-electron chi connectivity index (χ0n) is 18.1. The molecule has 2 N–H and O–H groups in total. The minimum atomic E-state index is -1.10. The number of benzene rings is 3. The van der Waals surface area contributed by atoms with E-state index < -0.39 is 11.5 Å². The highest BCUT2D eigenvalue weighted by Crippen LogP contribution is 2.35. The Morgan fingerprint density at radius 2 is 1.38 bits per heavy atom. The summed E-state index contributed by atoms with van der Waals surface area (Å²) in [5.41, 5.74) is 5.19. The van der Waals surface area contributed by atoms with Crippen molar-refractivity contribution in [3.05, 3.63) is 94.5 Å². The van der Waals surface area contributed by atoms with E-state index in [1.54, 1.807) is 12.1 Å². The van der Waals surface area contributed by atoms with Crippen LogP contribution in [0.25, 0.3) is 11.1 Å². The standard InChI is InChI=1S/C27H25NO4/c1-17-3-6-23(15-18(17)2)24(29)16-19-4-7-20(8-5-19)21-9-11-22(12-10-21)25(30)28-27(13-14-27)26(31)32/h3-12,15H,13-14,16H2,1-2H3,(H,28,30)(H,31,32). The van der Waals surface area contributed by atoms with Gasteiger partial charge in [0.15, 0.2) is 5.78 Å². The molecule has 0 spiro atoms. The molecule has 1 aliphatic carbocycles. The molecule has 0 aliphatic heterocycles. The van der Waals surface area contributed by atoms with Crippen molar-refractivity contribution in [1.29, 1.82) is 0 Å². The average Bonchev–Trinajstić information content (AvgIpc) is 3.57. The van der Waals surface area contributed by atoms with E-state index in [1.165, 1.54) is 5.56 Å². The number of hydrogen-bond donors (Lipinski definition) is 2. The second kappa shape index (κ2) is 8.42. The van der Waals surface area contributed by atoms with Crippen LogP contribution in [0.4, 0.5) is 0 Å². The van der Waals surface area contributed by atoms with Crippen molar-refractivity contribution in [1.82, 2.24) is 5.32 Å². The van der Waals surface area contributed by atoms with Crippen molar-refractivity contribution >= 4 is 17.7 Å². The number of hydrogen-bond acceptors (Lipinski definition) is 3. The number of carboxylic acids is 1. The second-order valence-electron chi connectivity index (χ2n) is 8.51. The first kappa shape index (κ1) is 21.5. The van der Waals surface area contributed by atoms with Crippen molar-refractivity contribution in [2.75, 3.05) is 0 Å². The van der Waals surface area contributed by atoms with Crippen molar-refractivity contribution in [2.45, 2.75) is 38.6 Å². The third-order valence-corrected chi connectivity index (χ3v) is 6.14. The zero-order valence-corrected chi connectivity index (χ0v) is 18.1. The van der Waals surface area contributed by atoms with E-state index in [1.807, 2.05) is 68.4 Å². The summed E-state index contributed by atoms with van der Waals surface area (Å²) in [7, 11) is 0. The lowest BCUT2D eigenvalue weighted by Crippen LogP contribution is -2.43. The predicted octanol–water partition coefficient (Wildman–Crippen LogP) is 4.74. The molecule has 1 fully saturated rings. The number of nitrogens with one attached hydrogen (secondary N) is 1. The highest BCUT2D eigenvalue weighted by molar-refractivity contribution is 5.99. The van der Waals surface area contributed by atoms with E-state index in [-0.39, 0.29) is 11.7 Å². The lowest BCUT2D eigenvalue weighted by molar-refractivity contribution is -0.140. The Balaban J connectivity index is 1.41. The second-order valence-corrected chi connectivity index (χ2v) is 8.51. The number of aliphatic carboxylic acids is 1. The molecule has 3 aromatic rings. The summed E-state index contributed by atoms with van der Waals surface area (Å²) in [5.74, 6) is -1.28. The maximum absolute atomic E-state index is 12.6. The first-order valence-corrected chi connectivity index (χ1v) is 10.6. The largest absolute Gasteiger partial charge is 0.480 e. The molecule has 0 radical (unpaired) electrons. The Labute approximate surface area is 187 Å². The molecule has 0 saturated heterocycles. The van der Waals surface area contributed by atoms with Crippen molar-refractivity contribution in [3.63, 3.8) is 0 Å². The summed E-state index contributed by atoms with van der Waals surface area (Å²) >= 11 is 0. The van der Waals surface area contributed by atoms with Crippen LogP contribution < -0.4 is 5.32 Å². The molecule has 0 unspecified atom stereocenters. The average molecular weight is 428 g/mol. The Bertz CT molecular complexity index is 1190. The van der Waals surface area contributed by atoms with Gasteiger partial charge in [-0.15, -0.1) is 0 Å². The van der Waals surface area contributed by atoms with Crippen LogP contribution >= 0.6 is 0 Å². The van der Waals surface area contributed by atoms with Crippen LogP contribution in [0.2, 0.25) is 0 Å². The van der Waals surface area contributed by atoms with Gasteiger partial charge in [-0.3, -0.25) is 9.59 Å². The van der Waals surface area contributed by atoms with Crippen LogP contribution in [-0.4, -0.2) is 28.3 Å². The molecule has 1 saturated carbocycles. The molecule has 0 aromatic heterocycles. The van der Waals surface area contributed by atoms with Gasteiger partial charge in [0.1, 0.15) is 5.54 Å². The molecule has 3 aromatic carbocycles. The Morgan fingerprint density at radius 3 is 1.91 bits per heavy atom. The summed E-state index contributed by atoms with van der Waals surface area (Å²) in [4.78, 5) is 36.2. The molecular formula is C27H25NO4. The van der Waals surface area contributed by atoms with Gasteiger partial charge in [0, 0.05) is 17.5 Å². The van der Waals surface area contributed by atoms with Gasteiger partial charge in [-0.25, -0.2) is 4.79 Å². The van der Waals surface area contributed by atoms with E-state index in [2.05, 4.69) is 5.32 Å². The fourth-order valence-electron chi connectivity index (χ4n) is 3.64. The number of carbonyl (C=O) groups is 3. The number of ketones is 1. The normalized spacial score (nSPS) is 13.9. The van der Waals surface area contributed by atoms with Crippen LogP contribution in [0, 0.1) is 13.8 Å². The minimum absolute atomic E-state index is 0.0889. The fourth-order valence-corrected chi connectivity index (χ4v) is 3.64. The number of Topliss-reactive ketones (excluding diaryl/α,β-unsaturated/α-hetero) is 1. The SMILES string of the molecule is Cc1ccc(C(=O)Cc2ccc(-c3ccc(C(=O)NC4(C(=O)O)CC4)cc3)cc2)cc1C. The number of aryl methyl sites for hydroxylation is 2. The monoisotopic (exact) mass is 427 g/mol. The lowest BCUT2D eigenvalue weighted by Gasteiger charge is -2.12. The van der Waals surface area contributed by atoms with Crippen LogP contribution in [-0.2, 0) is 11.2 Å². The molecule has 4 rings (SSSR count). The molecule has 1 aliphatic rings. The van der Waals surface area contributed by atoms with Gasteiger partial charge >= 0.3 is 5.97 Å². The summed E-state index contributed by atoms with van der Waals surface area (Å²) in [6.45, 7) is 4.03. The molecule has 0 bridgehead atoms. The summed E-state index contributed by atoms with van der Waals surface area (Å²) in [5, 5.41) is 11.8. The highest BCUT2D eigenvalue weighted by atomic mass is 16.4. The van der Waals surface area contributed by atoms with Gasteiger partial charge in [0.05, 0.1) is 0 Å².